The van der Waals surface area contributed by atoms with Gasteiger partial charge in [-0.1, -0.05) is 43.4 Å². The van der Waals surface area contributed by atoms with Crippen LogP contribution < -0.4 is 0 Å². The van der Waals surface area contributed by atoms with E-state index in [-0.39, 0.29) is 42.7 Å². The summed E-state index contributed by atoms with van der Waals surface area (Å²) in [6.45, 7) is 16.1. The Labute approximate surface area is 282 Å². The van der Waals surface area contributed by atoms with Crippen LogP contribution in [0.15, 0.2) is 48.1 Å². The molecule has 0 aliphatic carbocycles. The van der Waals surface area contributed by atoms with E-state index in [2.05, 4.69) is 39.5 Å². The second-order valence-electron chi connectivity index (χ2n) is 15.7. The highest BCUT2D eigenvalue weighted by Crippen LogP contribution is 2.49. The third kappa shape index (κ3) is 8.22. The molecular formula is C39H60O8. The maximum absolute atomic E-state index is 11.7. The standard InChI is InChI=1S/C39H60O8/c1-8-9-10-11-15-33-37(5,42)19-16-30-31(43-33)17-20-38(6)35(44-30)23-32-36(47-38)28(41)24-39(7)34(45-32)22-27(4)29(46-39)14-12-13-25(2)26(3)18-21-40/h8-10,13,18,21,27-36,41-42H,1,11-12,14-17,19-20,22-24H2,2-7H3/b10-9-,25-13-,26-18+/t27-,28-,29-,30+,31-,32+,33+,34-,35-,36-,37+,38+,39+/m0/s1. The topological polar surface area (TPSA) is 104 Å². The van der Waals surface area contributed by atoms with Crippen molar-refractivity contribution in [3.63, 3.8) is 0 Å². The van der Waals surface area contributed by atoms with Crippen molar-refractivity contribution in [1.82, 2.24) is 0 Å². The molecule has 5 fully saturated rings. The van der Waals surface area contributed by atoms with E-state index < -0.39 is 29.0 Å². The number of rotatable bonds is 9. The molecule has 5 aliphatic heterocycles. The number of fused-ring (bicyclic) bond motifs is 4. The number of carbonyl (C=O) groups is 1. The molecule has 0 aromatic heterocycles. The van der Waals surface area contributed by atoms with Gasteiger partial charge in [-0.3, -0.25) is 4.79 Å². The van der Waals surface area contributed by atoms with Gasteiger partial charge in [-0.15, -0.1) is 0 Å². The molecule has 0 saturated carbocycles. The quantitative estimate of drug-likeness (QED) is 0.165. The molecule has 0 unspecified atom stereocenters. The van der Waals surface area contributed by atoms with Crippen LogP contribution in [0.5, 0.6) is 0 Å². The van der Waals surface area contributed by atoms with Gasteiger partial charge in [0, 0.05) is 12.8 Å². The molecule has 8 nitrogen and oxygen atoms in total. The summed E-state index contributed by atoms with van der Waals surface area (Å²) in [6.07, 6.45) is 16.0. The largest absolute Gasteiger partial charge is 0.390 e. The summed E-state index contributed by atoms with van der Waals surface area (Å²) in [4.78, 5) is 10.9. The monoisotopic (exact) mass is 656 g/mol. The van der Waals surface area contributed by atoms with E-state index in [1.807, 2.05) is 26.8 Å². The minimum absolute atomic E-state index is 0.0469. The van der Waals surface area contributed by atoms with Gasteiger partial charge < -0.3 is 33.9 Å². The van der Waals surface area contributed by atoms with Crippen LogP contribution in [0.2, 0.25) is 0 Å². The van der Waals surface area contributed by atoms with Gasteiger partial charge in [-0.25, -0.2) is 0 Å². The van der Waals surface area contributed by atoms with Crippen molar-refractivity contribution in [2.45, 2.75) is 184 Å². The van der Waals surface area contributed by atoms with E-state index >= 15 is 0 Å². The van der Waals surface area contributed by atoms with Crippen LogP contribution in [0.25, 0.3) is 0 Å². The molecular weight excluding hydrogens is 596 g/mol. The minimum Gasteiger partial charge on any atom is -0.390 e. The normalized spacial score (nSPS) is 46.2. The van der Waals surface area contributed by atoms with Crippen molar-refractivity contribution in [1.29, 1.82) is 0 Å². The smallest absolute Gasteiger partial charge is 0.143 e. The fourth-order valence-corrected chi connectivity index (χ4v) is 8.63. The van der Waals surface area contributed by atoms with Crippen molar-refractivity contribution >= 4 is 6.29 Å². The number of aliphatic hydroxyl groups excluding tert-OH is 1. The van der Waals surface area contributed by atoms with E-state index in [1.54, 1.807) is 12.2 Å². The molecule has 264 valence electrons. The Morgan fingerprint density at radius 3 is 2.34 bits per heavy atom. The van der Waals surface area contributed by atoms with Gasteiger partial charge in [0.15, 0.2) is 0 Å². The van der Waals surface area contributed by atoms with Crippen molar-refractivity contribution in [3.8, 4) is 0 Å². The maximum Gasteiger partial charge on any atom is 0.143 e. The highest BCUT2D eigenvalue weighted by Gasteiger charge is 2.58. The lowest BCUT2D eigenvalue weighted by Gasteiger charge is -2.49. The summed E-state index contributed by atoms with van der Waals surface area (Å²) in [7, 11) is 0. The van der Waals surface area contributed by atoms with Crippen LogP contribution in [0.4, 0.5) is 0 Å². The minimum atomic E-state index is -0.926. The van der Waals surface area contributed by atoms with Crippen molar-refractivity contribution in [2.24, 2.45) is 5.92 Å². The number of hydrogen-bond donors (Lipinski definition) is 2. The predicted octanol–water partition coefficient (Wildman–Crippen LogP) is 6.48. The number of ether oxygens (including phenoxy) is 5. The Bertz CT molecular complexity index is 1190. The van der Waals surface area contributed by atoms with Crippen LogP contribution >= 0.6 is 0 Å². The van der Waals surface area contributed by atoms with Gasteiger partial charge in [0.05, 0.1) is 65.6 Å². The fraction of sp³-hybridized carbons (Fsp3) is 0.769. The molecule has 5 rings (SSSR count). The first-order valence-electron chi connectivity index (χ1n) is 18.1. The van der Waals surface area contributed by atoms with Crippen LogP contribution in [-0.4, -0.2) is 88.2 Å². The Hall–Kier alpha value is -1.65. The summed E-state index contributed by atoms with van der Waals surface area (Å²) in [5, 5.41) is 23.0. The highest BCUT2D eigenvalue weighted by atomic mass is 16.6. The second kappa shape index (κ2) is 15.1. The van der Waals surface area contributed by atoms with Gasteiger partial charge >= 0.3 is 0 Å². The maximum atomic E-state index is 11.7. The first-order valence-corrected chi connectivity index (χ1v) is 18.1. The first kappa shape index (κ1) is 36.6. The number of aldehydes is 1. The second-order valence-corrected chi connectivity index (χ2v) is 15.7. The van der Waals surface area contributed by atoms with Crippen molar-refractivity contribution in [2.75, 3.05) is 0 Å². The molecule has 0 bridgehead atoms. The summed E-state index contributed by atoms with van der Waals surface area (Å²) in [5.41, 5.74) is -0.0535. The van der Waals surface area contributed by atoms with Gasteiger partial charge in [0.2, 0.25) is 0 Å². The molecule has 0 aromatic carbocycles. The van der Waals surface area contributed by atoms with Crippen molar-refractivity contribution in [3.05, 3.63) is 48.1 Å². The van der Waals surface area contributed by atoms with Gasteiger partial charge in [-0.2, -0.15) is 0 Å². The number of carbonyl (C=O) groups excluding carboxylic acids is 1. The van der Waals surface area contributed by atoms with Crippen LogP contribution in [0, 0.1) is 5.92 Å². The Balaban J connectivity index is 1.26. The number of allylic oxidation sites excluding steroid dienone is 7. The van der Waals surface area contributed by atoms with Crippen LogP contribution in [0.1, 0.15) is 112 Å². The van der Waals surface area contributed by atoms with Gasteiger partial charge in [-0.05, 0) is 110 Å². The lowest BCUT2D eigenvalue weighted by Crippen LogP contribution is -2.59. The van der Waals surface area contributed by atoms with E-state index in [4.69, 9.17) is 23.7 Å². The lowest BCUT2D eigenvalue weighted by atomic mass is 9.79. The van der Waals surface area contributed by atoms with E-state index in [1.165, 1.54) is 0 Å². The molecule has 0 aromatic rings. The molecule has 2 N–H and O–H groups in total. The SMILES string of the molecule is C=C/C=C\CC[C@H]1O[C@H]2CC[C@@]3(C)O[C@H]4[C@@H](O)C[C@@]5(C)O[C@@H](CC/C=C(C)\C(C)=C\C=O)[C@@H](C)C[C@@H]5O[C@@H]4C[C@@H]3O[C@@H]2CC[C@@]1(C)O. The molecule has 8 heteroatoms. The molecule has 0 spiro atoms. The molecule has 5 aliphatic rings. The third-order valence-corrected chi connectivity index (χ3v) is 11.9. The molecule has 47 heavy (non-hydrogen) atoms. The fourth-order valence-electron chi connectivity index (χ4n) is 8.63. The Kier molecular flexibility index (Phi) is 11.7. The summed E-state index contributed by atoms with van der Waals surface area (Å²) in [5.74, 6) is 0.294. The molecule has 0 radical (unpaired) electrons. The van der Waals surface area contributed by atoms with E-state index in [0.29, 0.717) is 25.2 Å². The summed E-state index contributed by atoms with van der Waals surface area (Å²) < 4.78 is 34.2. The summed E-state index contributed by atoms with van der Waals surface area (Å²) in [6, 6.07) is 0. The Morgan fingerprint density at radius 2 is 1.60 bits per heavy atom. The van der Waals surface area contributed by atoms with Gasteiger partial charge in [0.1, 0.15) is 12.4 Å². The zero-order valence-electron chi connectivity index (χ0n) is 29.6. The molecule has 5 saturated heterocycles. The first-order chi connectivity index (χ1) is 22.3. The van der Waals surface area contributed by atoms with Crippen LogP contribution in [0.3, 0.4) is 0 Å². The average molecular weight is 657 g/mol. The lowest BCUT2D eigenvalue weighted by molar-refractivity contribution is -0.273. The predicted molar refractivity (Wildman–Crippen MR) is 182 cm³/mol. The zero-order valence-corrected chi connectivity index (χ0v) is 29.6. The number of hydrogen-bond acceptors (Lipinski definition) is 8. The van der Waals surface area contributed by atoms with E-state index in [9.17, 15) is 15.0 Å². The number of aliphatic hydroxyl groups is 2. The van der Waals surface area contributed by atoms with Crippen LogP contribution in [-0.2, 0) is 28.5 Å². The molecule has 5 heterocycles. The Morgan fingerprint density at radius 1 is 0.894 bits per heavy atom. The average Bonchev–Trinajstić information content (AvgIpc) is 3.27. The highest BCUT2D eigenvalue weighted by molar-refractivity contribution is 5.67. The zero-order chi connectivity index (χ0) is 34.0. The molecule has 13 atom stereocenters. The van der Waals surface area contributed by atoms with Crippen molar-refractivity contribution < 1.29 is 38.7 Å². The summed E-state index contributed by atoms with van der Waals surface area (Å²) >= 11 is 0. The third-order valence-electron chi connectivity index (χ3n) is 11.9. The molecule has 0 amide bonds. The van der Waals surface area contributed by atoms with Gasteiger partial charge in [0.25, 0.3) is 0 Å². The van der Waals surface area contributed by atoms with E-state index in [0.717, 1.165) is 68.8 Å².